The minimum absolute atomic E-state index is 0.243. The van der Waals surface area contributed by atoms with Crippen molar-refractivity contribution in [2.45, 2.75) is 0 Å². The van der Waals surface area contributed by atoms with E-state index in [1.54, 1.807) is 18.2 Å². The van der Waals surface area contributed by atoms with E-state index in [0.717, 1.165) is 16.2 Å². The van der Waals surface area contributed by atoms with E-state index in [0.29, 0.717) is 11.3 Å². The van der Waals surface area contributed by atoms with Crippen molar-refractivity contribution in [3.8, 4) is 5.75 Å². The average Bonchev–Trinajstić information content (AvgIpc) is 2.75. The molecule has 0 atom stereocenters. The predicted molar refractivity (Wildman–Crippen MR) is 80.8 cm³/mol. The highest BCUT2D eigenvalue weighted by Gasteiger charge is 2.25. The highest BCUT2D eigenvalue weighted by molar-refractivity contribution is 9.10. The van der Waals surface area contributed by atoms with Gasteiger partial charge in [-0.2, -0.15) is 0 Å². The molecule has 8 heteroatoms. The first-order chi connectivity index (χ1) is 9.99. The first-order valence-electron chi connectivity index (χ1n) is 5.73. The van der Waals surface area contributed by atoms with Gasteiger partial charge in [-0.15, -0.1) is 0 Å². The van der Waals surface area contributed by atoms with Crippen molar-refractivity contribution in [2.75, 3.05) is 13.7 Å². The quantitative estimate of drug-likeness (QED) is 0.645. The second-order valence-corrected chi connectivity index (χ2v) is 5.83. The number of amides is 2. The number of carbonyl (C=O) groups excluding carboxylic acids is 3. The molecule has 21 heavy (non-hydrogen) atoms. The van der Waals surface area contributed by atoms with Gasteiger partial charge in [0, 0.05) is 10.0 Å². The lowest BCUT2D eigenvalue weighted by Crippen LogP contribution is -2.17. The molecule has 0 saturated carbocycles. The van der Waals surface area contributed by atoms with Crippen LogP contribution in [-0.2, 0) is 14.3 Å². The van der Waals surface area contributed by atoms with Gasteiger partial charge < -0.3 is 9.47 Å². The van der Waals surface area contributed by atoms with Crippen LogP contribution in [0.25, 0.3) is 6.08 Å². The highest BCUT2D eigenvalue weighted by Crippen LogP contribution is 2.30. The molecule has 1 aromatic rings. The summed E-state index contributed by atoms with van der Waals surface area (Å²) < 4.78 is 10.6. The summed E-state index contributed by atoms with van der Waals surface area (Å²) in [4.78, 5) is 34.1. The second-order valence-electron chi connectivity index (χ2n) is 3.90. The molecular weight excluding hydrogens is 362 g/mol. The average molecular weight is 372 g/mol. The summed E-state index contributed by atoms with van der Waals surface area (Å²) >= 11 is 4.13. The number of ether oxygens (including phenoxy) is 2. The van der Waals surface area contributed by atoms with Crippen LogP contribution in [0.5, 0.6) is 5.75 Å². The largest absolute Gasteiger partial charge is 0.481 e. The summed E-state index contributed by atoms with van der Waals surface area (Å²) in [5.74, 6) is -0.563. The summed E-state index contributed by atoms with van der Waals surface area (Å²) in [6, 6.07) is 5.11. The molecule has 0 spiro atoms. The van der Waals surface area contributed by atoms with Crippen LogP contribution in [-0.4, -0.2) is 30.8 Å². The Morgan fingerprint density at radius 2 is 2.19 bits per heavy atom. The molecule has 2 rings (SSSR count). The first kappa shape index (κ1) is 15.6. The van der Waals surface area contributed by atoms with Crippen LogP contribution in [0.2, 0.25) is 0 Å². The zero-order valence-electron chi connectivity index (χ0n) is 10.8. The molecule has 0 unspecified atom stereocenters. The topological polar surface area (TPSA) is 81.7 Å². The van der Waals surface area contributed by atoms with Crippen molar-refractivity contribution < 1.29 is 23.9 Å². The van der Waals surface area contributed by atoms with Crippen LogP contribution in [0.15, 0.2) is 27.6 Å². The lowest BCUT2D eigenvalue weighted by Gasteiger charge is -2.09. The van der Waals surface area contributed by atoms with Gasteiger partial charge in [-0.1, -0.05) is 15.9 Å². The number of hydrogen-bond donors (Lipinski definition) is 1. The normalized spacial score (nSPS) is 16.0. The molecule has 0 aliphatic carbocycles. The lowest BCUT2D eigenvalue weighted by molar-refractivity contribution is -0.142. The Kier molecular flexibility index (Phi) is 5.03. The molecular formula is C13H10BrNO5S. The number of carbonyl (C=O) groups is 3. The Morgan fingerprint density at radius 1 is 1.43 bits per heavy atom. The lowest BCUT2D eigenvalue weighted by atomic mass is 10.2. The summed E-state index contributed by atoms with van der Waals surface area (Å²) in [7, 11) is 1.27. The van der Waals surface area contributed by atoms with Gasteiger partial charge in [-0.3, -0.25) is 14.9 Å². The van der Waals surface area contributed by atoms with Crippen molar-refractivity contribution in [3.05, 3.63) is 33.1 Å². The third-order valence-corrected chi connectivity index (χ3v) is 3.78. The monoisotopic (exact) mass is 371 g/mol. The fourth-order valence-corrected chi connectivity index (χ4v) is 2.57. The minimum atomic E-state index is -0.514. The van der Waals surface area contributed by atoms with Crippen LogP contribution in [0.1, 0.15) is 5.56 Å². The van der Waals surface area contributed by atoms with Crippen LogP contribution in [0.3, 0.4) is 0 Å². The summed E-state index contributed by atoms with van der Waals surface area (Å²) in [5, 5.41) is 1.75. The number of imide groups is 1. The summed E-state index contributed by atoms with van der Waals surface area (Å²) in [6.07, 6.45) is 1.53. The van der Waals surface area contributed by atoms with Crippen LogP contribution in [0.4, 0.5) is 4.79 Å². The first-order valence-corrected chi connectivity index (χ1v) is 7.34. The number of rotatable bonds is 4. The Morgan fingerprint density at radius 3 is 2.81 bits per heavy atom. The molecule has 1 aromatic carbocycles. The van der Waals surface area contributed by atoms with Crippen LogP contribution >= 0.6 is 27.7 Å². The molecule has 0 bridgehead atoms. The minimum Gasteiger partial charge on any atom is -0.481 e. The number of hydrogen-bond acceptors (Lipinski definition) is 6. The summed E-state index contributed by atoms with van der Waals surface area (Å²) in [5.41, 5.74) is 0.570. The molecule has 0 aromatic heterocycles. The molecule has 0 radical (unpaired) electrons. The molecule has 1 aliphatic heterocycles. The van der Waals surface area contributed by atoms with Crippen LogP contribution < -0.4 is 10.1 Å². The fraction of sp³-hybridized carbons (Fsp3) is 0.154. The SMILES string of the molecule is COC(=O)COc1ccc(Br)cc1/C=C1\SC(=O)NC1=O. The van der Waals surface area contributed by atoms with Crippen LogP contribution in [0, 0.1) is 0 Å². The van der Waals surface area contributed by atoms with E-state index < -0.39 is 17.1 Å². The van der Waals surface area contributed by atoms with E-state index in [1.807, 2.05) is 0 Å². The van der Waals surface area contributed by atoms with Gasteiger partial charge in [0.15, 0.2) is 6.61 Å². The van der Waals surface area contributed by atoms with Gasteiger partial charge in [0.2, 0.25) is 0 Å². The number of thioether (sulfide) groups is 1. The van der Waals surface area contributed by atoms with E-state index in [9.17, 15) is 14.4 Å². The Labute approximate surface area is 133 Å². The van der Waals surface area contributed by atoms with Gasteiger partial charge in [-0.25, -0.2) is 4.79 Å². The Balaban J connectivity index is 2.27. The maximum absolute atomic E-state index is 11.5. The van der Waals surface area contributed by atoms with E-state index >= 15 is 0 Å². The van der Waals surface area contributed by atoms with E-state index in [2.05, 4.69) is 26.0 Å². The molecule has 1 aliphatic rings. The summed E-state index contributed by atoms with van der Waals surface area (Å²) in [6.45, 7) is -0.243. The van der Waals surface area contributed by atoms with Gasteiger partial charge in [0.05, 0.1) is 12.0 Å². The standard InChI is InChI=1S/C13H10BrNO5S/c1-19-11(16)6-20-9-3-2-8(14)4-7(9)5-10-12(17)15-13(18)21-10/h2-5H,6H2,1H3,(H,15,17,18)/b10-5-. The van der Waals surface area contributed by atoms with Gasteiger partial charge in [-0.05, 0) is 36.0 Å². The fourth-order valence-electron chi connectivity index (χ4n) is 1.52. The van der Waals surface area contributed by atoms with E-state index in [-0.39, 0.29) is 11.5 Å². The molecule has 1 fully saturated rings. The van der Waals surface area contributed by atoms with Crippen molar-refractivity contribution >= 4 is 50.9 Å². The van der Waals surface area contributed by atoms with E-state index in [1.165, 1.54) is 13.2 Å². The number of nitrogens with one attached hydrogen (secondary N) is 1. The van der Waals surface area contributed by atoms with E-state index in [4.69, 9.17) is 4.74 Å². The predicted octanol–water partition coefficient (Wildman–Crippen LogP) is 2.32. The number of benzene rings is 1. The van der Waals surface area contributed by atoms with Crippen molar-refractivity contribution in [3.63, 3.8) is 0 Å². The maximum atomic E-state index is 11.5. The van der Waals surface area contributed by atoms with Gasteiger partial charge in [0.25, 0.3) is 11.1 Å². The van der Waals surface area contributed by atoms with Crippen molar-refractivity contribution in [2.24, 2.45) is 0 Å². The zero-order valence-corrected chi connectivity index (χ0v) is 13.2. The zero-order chi connectivity index (χ0) is 15.4. The second kappa shape index (κ2) is 6.77. The Hall–Kier alpha value is -1.80. The maximum Gasteiger partial charge on any atom is 0.343 e. The van der Waals surface area contributed by atoms with Gasteiger partial charge in [0.1, 0.15) is 5.75 Å². The third-order valence-electron chi connectivity index (χ3n) is 2.47. The molecule has 1 saturated heterocycles. The molecule has 1 heterocycles. The molecule has 110 valence electrons. The van der Waals surface area contributed by atoms with Crippen molar-refractivity contribution in [1.82, 2.24) is 5.32 Å². The molecule has 6 nitrogen and oxygen atoms in total. The van der Waals surface area contributed by atoms with Gasteiger partial charge >= 0.3 is 5.97 Å². The third kappa shape index (κ3) is 4.08. The highest BCUT2D eigenvalue weighted by atomic mass is 79.9. The molecule has 2 amide bonds. The smallest absolute Gasteiger partial charge is 0.343 e. The number of halogens is 1. The number of esters is 1. The molecule has 1 N–H and O–H groups in total. The van der Waals surface area contributed by atoms with Crippen molar-refractivity contribution in [1.29, 1.82) is 0 Å². The Bertz CT molecular complexity index is 643. The number of methoxy groups -OCH3 is 1.